The van der Waals surface area contributed by atoms with E-state index < -0.39 is 0 Å². The predicted molar refractivity (Wildman–Crippen MR) is 63.7 cm³/mol. The molecule has 1 aromatic heterocycles. The van der Waals surface area contributed by atoms with E-state index in [2.05, 4.69) is 10.3 Å². The Hall–Kier alpha value is -1.13. The monoisotopic (exact) mass is 224 g/mol. The molecule has 0 aromatic carbocycles. The van der Waals surface area contributed by atoms with Gasteiger partial charge in [0.05, 0.1) is 25.9 Å². The Morgan fingerprint density at radius 1 is 1.44 bits per heavy atom. The molecule has 1 N–H and O–H groups in total. The molecule has 0 fully saturated rings. The topological polar surface area (TPSA) is 43.4 Å². The number of likely N-dealkylation sites (N-methyl/N-ethyl adjacent to an activating group) is 1. The average Bonchev–Trinajstić information content (AvgIpc) is 2.30. The zero-order valence-electron chi connectivity index (χ0n) is 10.4. The maximum absolute atomic E-state index is 5.60. The summed E-state index contributed by atoms with van der Waals surface area (Å²) < 4.78 is 10.8. The molecule has 0 radical (unpaired) electrons. The van der Waals surface area contributed by atoms with Crippen LogP contribution < -0.4 is 10.1 Å². The summed E-state index contributed by atoms with van der Waals surface area (Å²) in [6.07, 6.45) is 1.94. The fourth-order valence-electron chi connectivity index (χ4n) is 1.46. The lowest BCUT2D eigenvalue weighted by Gasteiger charge is -2.19. The van der Waals surface area contributed by atoms with Crippen LogP contribution in [0.2, 0.25) is 0 Å². The van der Waals surface area contributed by atoms with Gasteiger partial charge in [-0.25, -0.2) is 4.98 Å². The van der Waals surface area contributed by atoms with Crippen molar-refractivity contribution in [3.8, 4) is 5.88 Å². The highest BCUT2D eigenvalue weighted by Gasteiger charge is 2.15. The first-order chi connectivity index (χ1) is 7.69. The first kappa shape index (κ1) is 12.9. The molecule has 0 saturated heterocycles. The minimum Gasteiger partial charge on any atom is -0.481 e. The summed E-state index contributed by atoms with van der Waals surface area (Å²) in [6, 6.07) is 4.00. The van der Waals surface area contributed by atoms with Crippen LogP contribution in [0.1, 0.15) is 25.5 Å². The van der Waals surface area contributed by atoms with E-state index in [-0.39, 0.29) is 12.1 Å². The molecule has 1 unspecified atom stereocenters. The van der Waals surface area contributed by atoms with Crippen molar-refractivity contribution in [2.75, 3.05) is 20.8 Å². The summed E-state index contributed by atoms with van der Waals surface area (Å²) in [6.45, 7) is 4.65. The Labute approximate surface area is 97.0 Å². The molecule has 1 atom stereocenters. The third kappa shape index (κ3) is 3.47. The Balaban J connectivity index is 2.77. The Kier molecular flexibility index (Phi) is 5.22. The van der Waals surface area contributed by atoms with Crippen LogP contribution in [0.25, 0.3) is 0 Å². The van der Waals surface area contributed by atoms with E-state index in [1.807, 2.05) is 33.0 Å². The van der Waals surface area contributed by atoms with Gasteiger partial charge in [-0.2, -0.15) is 0 Å². The van der Waals surface area contributed by atoms with Gasteiger partial charge in [0.25, 0.3) is 0 Å². The lowest BCUT2D eigenvalue weighted by molar-refractivity contribution is 0.0620. The number of methoxy groups -OCH3 is 1. The van der Waals surface area contributed by atoms with Crippen molar-refractivity contribution >= 4 is 0 Å². The molecule has 4 nitrogen and oxygen atoms in total. The van der Waals surface area contributed by atoms with Gasteiger partial charge in [0.15, 0.2) is 0 Å². The molecule has 0 bridgehead atoms. The van der Waals surface area contributed by atoms with E-state index in [1.54, 1.807) is 13.3 Å². The van der Waals surface area contributed by atoms with Crippen LogP contribution in [0.15, 0.2) is 18.3 Å². The number of hydrogen-bond acceptors (Lipinski definition) is 4. The predicted octanol–water partition coefficient (Wildman–Crippen LogP) is 1.78. The number of ether oxygens (including phenoxy) is 2. The largest absolute Gasteiger partial charge is 0.481 e. The first-order valence-electron chi connectivity index (χ1n) is 5.46. The molecular weight excluding hydrogens is 204 g/mol. The van der Waals surface area contributed by atoms with Crippen LogP contribution in [0.4, 0.5) is 0 Å². The molecule has 0 aliphatic carbocycles. The van der Waals surface area contributed by atoms with E-state index in [0.717, 1.165) is 5.56 Å². The van der Waals surface area contributed by atoms with Crippen LogP contribution in [-0.4, -0.2) is 31.9 Å². The zero-order chi connectivity index (χ0) is 12.0. The second-order valence-electron chi connectivity index (χ2n) is 3.83. The third-order valence-electron chi connectivity index (χ3n) is 2.31. The minimum absolute atomic E-state index is 0.103. The number of aromatic nitrogens is 1. The standard InChI is InChI=1S/C12H20N2O2/c1-9(2)16-8-11(13-3)10-6-5-7-14-12(10)15-4/h5-7,9,11,13H,8H2,1-4H3. The number of nitrogens with zero attached hydrogens (tertiary/aromatic N) is 1. The highest BCUT2D eigenvalue weighted by atomic mass is 16.5. The normalized spacial score (nSPS) is 12.8. The van der Waals surface area contributed by atoms with E-state index in [1.165, 1.54) is 0 Å². The zero-order valence-corrected chi connectivity index (χ0v) is 10.4. The molecule has 0 spiro atoms. The smallest absolute Gasteiger partial charge is 0.217 e. The summed E-state index contributed by atoms with van der Waals surface area (Å²) in [5, 5.41) is 3.20. The summed E-state index contributed by atoms with van der Waals surface area (Å²) in [5.74, 6) is 0.647. The third-order valence-corrected chi connectivity index (χ3v) is 2.31. The van der Waals surface area contributed by atoms with Crippen molar-refractivity contribution in [1.82, 2.24) is 10.3 Å². The van der Waals surface area contributed by atoms with E-state index >= 15 is 0 Å². The molecule has 1 heterocycles. The Morgan fingerprint density at radius 2 is 2.19 bits per heavy atom. The molecule has 1 rings (SSSR count). The average molecular weight is 224 g/mol. The summed E-state index contributed by atoms with van der Waals surface area (Å²) in [5.41, 5.74) is 1.02. The van der Waals surface area contributed by atoms with Gasteiger partial charge in [-0.3, -0.25) is 0 Å². The summed E-state index contributed by atoms with van der Waals surface area (Å²) in [4.78, 5) is 4.18. The Bertz CT molecular complexity index is 316. The summed E-state index contributed by atoms with van der Waals surface area (Å²) >= 11 is 0. The van der Waals surface area contributed by atoms with Crippen LogP contribution in [0.5, 0.6) is 5.88 Å². The number of rotatable bonds is 6. The fourth-order valence-corrected chi connectivity index (χ4v) is 1.46. The van der Waals surface area contributed by atoms with Gasteiger partial charge in [0.1, 0.15) is 0 Å². The van der Waals surface area contributed by atoms with Gasteiger partial charge in [0.2, 0.25) is 5.88 Å². The number of pyridine rings is 1. The molecule has 16 heavy (non-hydrogen) atoms. The van der Waals surface area contributed by atoms with Gasteiger partial charge in [-0.05, 0) is 27.0 Å². The van der Waals surface area contributed by atoms with Crippen molar-refractivity contribution in [3.63, 3.8) is 0 Å². The van der Waals surface area contributed by atoms with Crippen LogP contribution in [0, 0.1) is 0 Å². The maximum atomic E-state index is 5.60. The van der Waals surface area contributed by atoms with Crippen LogP contribution in [-0.2, 0) is 4.74 Å². The van der Waals surface area contributed by atoms with Crippen molar-refractivity contribution in [2.24, 2.45) is 0 Å². The van der Waals surface area contributed by atoms with Crippen molar-refractivity contribution < 1.29 is 9.47 Å². The highest BCUT2D eigenvalue weighted by Crippen LogP contribution is 2.22. The SMILES string of the molecule is CNC(COC(C)C)c1cccnc1OC. The van der Waals surface area contributed by atoms with Gasteiger partial charge < -0.3 is 14.8 Å². The quantitative estimate of drug-likeness (QED) is 0.800. The second-order valence-corrected chi connectivity index (χ2v) is 3.83. The Morgan fingerprint density at radius 3 is 2.75 bits per heavy atom. The fraction of sp³-hybridized carbons (Fsp3) is 0.583. The molecule has 4 heteroatoms. The number of hydrogen-bond donors (Lipinski definition) is 1. The molecule has 0 aliphatic rings. The lowest BCUT2D eigenvalue weighted by Crippen LogP contribution is -2.24. The van der Waals surface area contributed by atoms with E-state index in [0.29, 0.717) is 12.5 Å². The van der Waals surface area contributed by atoms with Crippen molar-refractivity contribution in [3.05, 3.63) is 23.9 Å². The van der Waals surface area contributed by atoms with E-state index in [9.17, 15) is 0 Å². The van der Waals surface area contributed by atoms with Gasteiger partial charge in [-0.1, -0.05) is 6.07 Å². The molecule has 0 aliphatic heterocycles. The van der Waals surface area contributed by atoms with Gasteiger partial charge in [-0.15, -0.1) is 0 Å². The lowest BCUT2D eigenvalue weighted by atomic mass is 10.1. The molecule has 0 saturated carbocycles. The highest BCUT2D eigenvalue weighted by molar-refractivity contribution is 5.28. The second kappa shape index (κ2) is 6.45. The van der Waals surface area contributed by atoms with Crippen LogP contribution >= 0.6 is 0 Å². The molecular formula is C12H20N2O2. The maximum Gasteiger partial charge on any atom is 0.217 e. The van der Waals surface area contributed by atoms with Crippen molar-refractivity contribution in [1.29, 1.82) is 0 Å². The van der Waals surface area contributed by atoms with Crippen molar-refractivity contribution in [2.45, 2.75) is 26.0 Å². The van der Waals surface area contributed by atoms with E-state index in [4.69, 9.17) is 9.47 Å². The van der Waals surface area contributed by atoms with Gasteiger partial charge >= 0.3 is 0 Å². The number of nitrogens with one attached hydrogen (secondary N) is 1. The molecule has 0 amide bonds. The summed E-state index contributed by atoms with van der Waals surface area (Å²) in [7, 11) is 3.53. The molecule has 90 valence electrons. The van der Waals surface area contributed by atoms with Gasteiger partial charge in [0, 0.05) is 11.8 Å². The first-order valence-corrected chi connectivity index (χ1v) is 5.46. The van der Waals surface area contributed by atoms with Crippen LogP contribution in [0.3, 0.4) is 0 Å². The molecule has 1 aromatic rings. The minimum atomic E-state index is 0.103.